The van der Waals surface area contributed by atoms with E-state index in [2.05, 4.69) is 4.98 Å². The molecule has 0 unspecified atom stereocenters. The largest absolute Gasteiger partial charge is 0.481 e. The molecule has 1 aromatic rings. The predicted molar refractivity (Wildman–Crippen MR) is 77.8 cm³/mol. The van der Waals surface area contributed by atoms with E-state index >= 15 is 0 Å². The van der Waals surface area contributed by atoms with Crippen LogP contribution in [0.25, 0.3) is 0 Å². The first kappa shape index (κ1) is 16.4. The van der Waals surface area contributed by atoms with Crippen LogP contribution in [0, 0.1) is 6.92 Å². The van der Waals surface area contributed by atoms with Crippen molar-refractivity contribution >= 4 is 23.3 Å². The Morgan fingerprint density at radius 2 is 2.10 bits per heavy atom. The number of carboxylic acid groups (broad SMARTS) is 1. The van der Waals surface area contributed by atoms with Crippen LogP contribution in [0.2, 0.25) is 0 Å². The smallest absolute Gasteiger partial charge is 0.320 e. The Kier molecular flexibility index (Phi) is 5.94. The average molecular weight is 299 g/mol. The summed E-state index contributed by atoms with van der Waals surface area (Å²) in [5, 5.41) is 11.6. The lowest BCUT2D eigenvalue weighted by Crippen LogP contribution is -2.45. The molecule has 0 fully saturated rings. The molecule has 0 aliphatic carbocycles. The Morgan fingerprint density at radius 1 is 1.45 bits per heavy atom. The molecule has 1 rings (SSSR count). The maximum atomic E-state index is 12.3. The van der Waals surface area contributed by atoms with Gasteiger partial charge < -0.3 is 14.9 Å². The zero-order valence-electron chi connectivity index (χ0n) is 12.3. The third-order valence-electron chi connectivity index (χ3n) is 2.83. The SMILES string of the molecule is Cc1nc(CN(C)C(=O)N(CCC(=O)O)C(C)C)cs1. The Labute approximate surface area is 123 Å². The van der Waals surface area contributed by atoms with Crippen molar-refractivity contribution in [2.45, 2.75) is 39.8 Å². The number of nitrogens with zero attached hydrogens (tertiary/aromatic N) is 3. The van der Waals surface area contributed by atoms with Crippen molar-refractivity contribution in [2.75, 3.05) is 13.6 Å². The van der Waals surface area contributed by atoms with Crippen molar-refractivity contribution in [1.82, 2.24) is 14.8 Å². The number of thiazole rings is 1. The van der Waals surface area contributed by atoms with Crippen LogP contribution in [0.15, 0.2) is 5.38 Å². The van der Waals surface area contributed by atoms with E-state index in [1.807, 2.05) is 26.2 Å². The first-order valence-electron chi connectivity index (χ1n) is 6.45. The molecule has 6 nitrogen and oxygen atoms in total. The van der Waals surface area contributed by atoms with E-state index in [9.17, 15) is 9.59 Å². The Balaban J connectivity index is 2.65. The number of hydrogen-bond acceptors (Lipinski definition) is 4. The third-order valence-corrected chi connectivity index (χ3v) is 3.65. The summed E-state index contributed by atoms with van der Waals surface area (Å²) >= 11 is 1.55. The topological polar surface area (TPSA) is 73.7 Å². The van der Waals surface area contributed by atoms with Crippen LogP contribution in [0.5, 0.6) is 0 Å². The molecule has 0 saturated carbocycles. The first-order chi connectivity index (χ1) is 9.31. The Hall–Kier alpha value is -1.63. The van der Waals surface area contributed by atoms with E-state index < -0.39 is 5.97 Å². The van der Waals surface area contributed by atoms with Gasteiger partial charge in [-0.3, -0.25) is 4.79 Å². The molecule has 0 spiro atoms. The number of amides is 2. The molecular formula is C13H21N3O3S. The van der Waals surface area contributed by atoms with Crippen LogP contribution in [-0.2, 0) is 11.3 Å². The summed E-state index contributed by atoms with van der Waals surface area (Å²) in [5.41, 5.74) is 0.852. The molecule has 7 heteroatoms. The van der Waals surface area contributed by atoms with E-state index in [0.717, 1.165) is 10.7 Å². The molecule has 2 amide bonds. The van der Waals surface area contributed by atoms with E-state index in [-0.39, 0.29) is 25.0 Å². The van der Waals surface area contributed by atoms with Gasteiger partial charge in [-0.2, -0.15) is 0 Å². The molecule has 1 heterocycles. The quantitative estimate of drug-likeness (QED) is 0.874. The van der Waals surface area contributed by atoms with Gasteiger partial charge in [0.1, 0.15) is 0 Å². The molecule has 1 aromatic heterocycles. The summed E-state index contributed by atoms with van der Waals surface area (Å²) in [6, 6.07) is -0.214. The number of carbonyl (C=O) groups excluding carboxylic acids is 1. The normalized spacial score (nSPS) is 10.7. The summed E-state index contributed by atoms with van der Waals surface area (Å²) in [4.78, 5) is 30.4. The van der Waals surface area contributed by atoms with E-state index in [1.165, 1.54) is 0 Å². The molecule has 20 heavy (non-hydrogen) atoms. The highest BCUT2D eigenvalue weighted by Crippen LogP contribution is 2.12. The van der Waals surface area contributed by atoms with E-state index in [1.54, 1.807) is 28.2 Å². The van der Waals surface area contributed by atoms with Crippen molar-refractivity contribution in [1.29, 1.82) is 0 Å². The summed E-state index contributed by atoms with van der Waals surface area (Å²) in [6.07, 6.45) is -0.0480. The fraction of sp³-hybridized carbons (Fsp3) is 0.615. The van der Waals surface area contributed by atoms with Crippen molar-refractivity contribution in [3.8, 4) is 0 Å². The van der Waals surface area contributed by atoms with Crippen LogP contribution in [-0.4, -0.2) is 51.5 Å². The van der Waals surface area contributed by atoms with Crippen LogP contribution >= 0.6 is 11.3 Å². The standard InChI is InChI=1S/C13H21N3O3S/c1-9(2)16(6-5-12(17)18)13(19)15(4)7-11-8-20-10(3)14-11/h8-9H,5-7H2,1-4H3,(H,17,18). The highest BCUT2D eigenvalue weighted by Gasteiger charge is 2.21. The molecule has 1 N–H and O–H groups in total. The zero-order chi connectivity index (χ0) is 15.3. The number of hydrogen-bond donors (Lipinski definition) is 1. The second kappa shape index (κ2) is 7.23. The molecule has 0 aliphatic heterocycles. The Morgan fingerprint density at radius 3 is 2.55 bits per heavy atom. The van der Waals surface area contributed by atoms with Gasteiger partial charge in [-0.25, -0.2) is 9.78 Å². The molecular weight excluding hydrogens is 278 g/mol. The van der Waals surface area contributed by atoms with Gasteiger partial charge in [0, 0.05) is 25.0 Å². The van der Waals surface area contributed by atoms with Gasteiger partial charge in [0.15, 0.2) is 0 Å². The first-order valence-corrected chi connectivity index (χ1v) is 7.33. The predicted octanol–water partition coefficient (Wildman–Crippen LogP) is 2.19. The minimum Gasteiger partial charge on any atom is -0.481 e. The lowest BCUT2D eigenvalue weighted by molar-refractivity contribution is -0.137. The fourth-order valence-electron chi connectivity index (χ4n) is 1.80. The average Bonchev–Trinajstić information content (AvgIpc) is 2.73. The van der Waals surface area contributed by atoms with Crippen molar-refractivity contribution in [3.63, 3.8) is 0 Å². The number of aliphatic carboxylic acids is 1. The number of aryl methyl sites for hydroxylation is 1. The lowest BCUT2D eigenvalue weighted by Gasteiger charge is -2.30. The highest BCUT2D eigenvalue weighted by atomic mass is 32.1. The molecule has 0 bridgehead atoms. The van der Waals surface area contributed by atoms with Crippen molar-refractivity contribution in [2.24, 2.45) is 0 Å². The molecule has 112 valence electrons. The minimum absolute atomic E-state index is 0.0403. The summed E-state index contributed by atoms with van der Waals surface area (Å²) in [7, 11) is 1.70. The van der Waals surface area contributed by atoms with Gasteiger partial charge in [-0.15, -0.1) is 11.3 Å². The number of carbonyl (C=O) groups is 2. The van der Waals surface area contributed by atoms with E-state index in [4.69, 9.17) is 5.11 Å². The Bertz CT molecular complexity index is 473. The van der Waals surface area contributed by atoms with Crippen LogP contribution in [0.4, 0.5) is 4.79 Å². The monoisotopic (exact) mass is 299 g/mol. The molecule has 0 aliphatic rings. The lowest BCUT2D eigenvalue weighted by atomic mass is 10.3. The maximum Gasteiger partial charge on any atom is 0.320 e. The van der Waals surface area contributed by atoms with Crippen LogP contribution in [0.3, 0.4) is 0 Å². The van der Waals surface area contributed by atoms with Gasteiger partial charge in [0.05, 0.1) is 23.7 Å². The van der Waals surface area contributed by atoms with Gasteiger partial charge >= 0.3 is 12.0 Å². The summed E-state index contributed by atoms with van der Waals surface area (Å²) in [6.45, 7) is 6.32. The summed E-state index contributed by atoms with van der Waals surface area (Å²) in [5.74, 6) is -0.902. The number of rotatable bonds is 6. The molecule has 0 aromatic carbocycles. The van der Waals surface area contributed by atoms with Gasteiger partial charge in [-0.1, -0.05) is 0 Å². The third kappa shape index (κ3) is 4.80. The van der Waals surface area contributed by atoms with Gasteiger partial charge in [-0.05, 0) is 20.8 Å². The molecule has 0 atom stereocenters. The number of aromatic nitrogens is 1. The van der Waals surface area contributed by atoms with Crippen LogP contribution in [0.1, 0.15) is 31.0 Å². The van der Waals surface area contributed by atoms with Gasteiger partial charge in [0.25, 0.3) is 0 Å². The van der Waals surface area contributed by atoms with E-state index in [0.29, 0.717) is 6.54 Å². The second-order valence-corrected chi connectivity index (χ2v) is 5.99. The van der Waals surface area contributed by atoms with Gasteiger partial charge in [0.2, 0.25) is 0 Å². The van der Waals surface area contributed by atoms with Crippen molar-refractivity contribution < 1.29 is 14.7 Å². The molecule has 0 saturated heterocycles. The number of urea groups is 1. The molecule has 0 radical (unpaired) electrons. The second-order valence-electron chi connectivity index (χ2n) is 4.93. The minimum atomic E-state index is -0.902. The zero-order valence-corrected chi connectivity index (χ0v) is 13.1. The highest BCUT2D eigenvalue weighted by molar-refractivity contribution is 7.09. The number of carboxylic acids is 1. The fourth-order valence-corrected chi connectivity index (χ4v) is 2.41. The maximum absolute atomic E-state index is 12.3. The summed E-state index contributed by atoms with van der Waals surface area (Å²) < 4.78 is 0. The van der Waals surface area contributed by atoms with Crippen LogP contribution < -0.4 is 0 Å². The van der Waals surface area contributed by atoms with Crippen molar-refractivity contribution in [3.05, 3.63) is 16.1 Å².